The molecule has 3 aromatic rings. The first-order valence-electron chi connectivity index (χ1n) is 11.6. The second-order valence-corrected chi connectivity index (χ2v) is 8.97. The molecule has 36 heavy (non-hydrogen) atoms. The third-order valence-electron chi connectivity index (χ3n) is 7.12. The van der Waals surface area contributed by atoms with Crippen molar-refractivity contribution in [2.45, 2.75) is 18.6 Å². The molecule has 8 heteroatoms. The fourth-order valence-corrected chi connectivity index (χ4v) is 5.58. The van der Waals surface area contributed by atoms with E-state index in [1.54, 1.807) is 36.4 Å². The van der Waals surface area contributed by atoms with Crippen molar-refractivity contribution in [1.29, 1.82) is 0 Å². The molecule has 3 unspecified atom stereocenters. The van der Waals surface area contributed by atoms with Crippen molar-refractivity contribution in [3.05, 3.63) is 95.3 Å². The van der Waals surface area contributed by atoms with E-state index in [2.05, 4.69) is 0 Å². The molecule has 0 aromatic heterocycles. The van der Waals surface area contributed by atoms with Gasteiger partial charge in [0.25, 0.3) is 0 Å². The number of Topliss-reactive ketones (excluding diaryl/α,β-unsaturated/α-hetero) is 2. The third-order valence-corrected chi connectivity index (χ3v) is 7.12. The minimum absolute atomic E-state index is 0.153. The molecule has 3 aliphatic rings. The molecule has 3 atom stereocenters. The van der Waals surface area contributed by atoms with Gasteiger partial charge >= 0.3 is 0 Å². The predicted octanol–water partition coefficient (Wildman–Crippen LogP) is 3.92. The van der Waals surface area contributed by atoms with Gasteiger partial charge in [-0.2, -0.15) is 0 Å². The molecule has 2 fully saturated rings. The van der Waals surface area contributed by atoms with E-state index in [4.69, 9.17) is 9.47 Å². The maximum Gasteiger partial charge on any atom is 0.241 e. The number of carbonyl (C=O) groups is 4. The normalized spacial score (nSPS) is 23.9. The van der Waals surface area contributed by atoms with E-state index < -0.39 is 52.7 Å². The second-order valence-electron chi connectivity index (χ2n) is 8.97. The van der Waals surface area contributed by atoms with Crippen LogP contribution in [-0.4, -0.2) is 35.6 Å². The van der Waals surface area contributed by atoms with Crippen molar-refractivity contribution < 1.29 is 33.0 Å². The zero-order valence-electron chi connectivity index (χ0n) is 19.1. The van der Waals surface area contributed by atoms with Crippen LogP contribution in [0.5, 0.6) is 5.75 Å². The van der Waals surface area contributed by atoms with Gasteiger partial charge in [0.2, 0.25) is 29.0 Å². The number of ether oxygens (including phenoxy) is 2. The number of ketones is 2. The van der Waals surface area contributed by atoms with Crippen LogP contribution in [0.25, 0.3) is 0 Å². The van der Waals surface area contributed by atoms with E-state index >= 15 is 0 Å². The number of amides is 2. The molecule has 2 aliphatic heterocycles. The van der Waals surface area contributed by atoms with Gasteiger partial charge in [-0.3, -0.25) is 19.2 Å². The molecular weight excluding hydrogens is 465 g/mol. The van der Waals surface area contributed by atoms with Crippen molar-refractivity contribution in [2.75, 3.05) is 11.5 Å². The molecule has 0 bridgehead atoms. The van der Waals surface area contributed by atoms with Crippen molar-refractivity contribution in [3.63, 3.8) is 0 Å². The number of hydrogen-bond acceptors (Lipinski definition) is 6. The molecule has 2 saturated heterocycles. The van der Waals surface area contributed by atoms with Gasteiger partial charge in [0, 0.05) is 11.1 Å². The van der Waals surface area contributed by atoms with E-state index in [9.17, 15) is 23.6 Å². The lowest BCUT2D eigenvalue weighted by Crippen LogP contribution is -2.51. The zero-order valence-corrected chi connectivity index (χ0v) is 19.1. The number of anilines is 1. The molecule has 2 heterocycles. The zero-order chi connectivity index (χ0) is 25.2. The summed E-state index contributed by atoms with van der Waals surface area (Å²) < 4.78 is 25.3. The Bertz CT molecular complexity index is 1400. The van der Waals surface area contributed by atoms with Crippen LogP contribution in [0.3, 0.4) is 0 Å². The summed E-state index contributed by atoms with van der Waals surface area (Å²) in [6.07, 6.45) is -1.10. The quantitative estimate of drug-likeness (QED) is 0.411. The van der Waals surface area contributed by atoms with Crippen molar-refractivity contribution >= 4 is 29.1 Å². The van der Waals surface area contributed by atoms with E-state index in [1.807, 2.05) is 6.92 Å². The van der Waals surface area contributed by atoms with Crippen LogP contribution in [-0.2, 0) is 14.3 Å². The molecule has 2 amide bonds. The predicted molar refractivity (Wildman–Crippen MR) is 125 cm³/mol. The van der Waals surface area contributed by atoms with Gasteiger partial charge in [0.1, 0.15) is 11.6 Å². The van der Waals surface area contributed by atoms with Gasteiger partial charge in [-0.1, -0.05) is 36.4 Å². The molecule has 0 N–H and O–H groups in total. The van der Waals surface area contributed by atoms with E-state index in [1.165, 1.54) is 36.4 Å². The Morgan fingerprint density at radius 2 is 1.47 bits per heavy atom. The highest BCUT2D eigenvalue weighted by atomic mass is 19.1. The number of hydrogen-bond donors (Lipinski definition) is 0. The van der Waals surface area contributed by atoms with Crippen LogP contribution in [0.2, 0.25) is 0 Å². The summed E-state index contributed by atoms with van der Waals surface area (Å²) in [5, 5.41) is 0. The summed E-state index contributed by atoms with van der Waals surface area (Å²) in [6.45, 7) is 2.29. The lowest BCUT2D eigenvalue weighted by atomic mass is 9.77. The topological polar surface area (TPSA) is 90.0 Å². The van der Waals surface area contributed by atoms with Crippen molar-refractivity contribution in [2.24, 2.45) is 11.8 Å². The summed E-state index contributed by atoms with van der Waals surface area (Å²) in [5.74, 6) is -4.98. The summed E-state index contributed by atoms with van der Waals surface area (Å²) in [7, 11) is 0. The molecular formula is C28H20FNO6. The maximum absolute atomic E-state index is 13.9. The average Bonchev–Trinajstić information content (AvgIpc) is 3.45. The largest absolute Gasteiger partial charge is 0.494 e. The second kappa shape index (κ2) is 7.93. The highest BCUT2D eigenvalue weighted by Crippen LogP contribution is 2.57. The number of nitrogens with zero attached hydrogens (tertiary/aromatic N) is 1. The van der Waals surface area contributed by atoms with Gasteiger partial charge in [-0.05, 0) is 48.9 Å². The van der Waals surface area contributed by atoms with Crippen LogP contribution >= 0.6 is 0 Å². The molecule has 7 nitrogen and oxygen atoms in total. The fourth-order valence-electron chi connectivity index (χ4n) is 5.58. The molecule has 180 valence electrons. The fraction of sp³-hybridized carbons (Fsp3) is 0.214. The third kappa shape index (κ3) is 2.88. The Kier molecular flexibility index (Phi) is 4.91. The molecule has 6 rings (SSSR count). The highest BCUT2D eigenvalue weighted by Gasteiger charge is 2.74. The van der Waals surface area contributed by atoms with E-state index in [0.29, 0.717) is 23.6 Å². The lowest BCUT2D eigenvalue weighted by Gasteiger charge is -2.27. The Balaban J connectivity index is 1.49. The van der Waals surface area contributed by atoms with Crippen LogP contribution in [0, 0.1) is 17.7 Å². The standard InChI is InChI=1S/C28H20FNO6/c1-2-35-18-13-11-17(12-14-18)30-26(33)21-22(27(30)34)28(36-23(21)15-7-9-16(29)10-8-15)24(31)19-5-3-4-6-20(19)25(28)32/h3-14,21-23H,2H2,1H3. The highest BCUT2D eigenvalue weighted by molar-refractivity contribution is 6.37. The average molecular weight is 485 g/mol. The first kappa shape index (κ1) is 22.3. The van der Waals surface area contributed by atoms with Gasteiger partial charge < -0.3 is 9.47 Å². The van der Waals surface area contributed by atoms with Gasteiger partial charge in [-0.15, -0.1) is 0 Å². The minimum Gasteiger partial charge on any atom is -0.494 e. The van der Waals surface area contributed by atoms with Crippen LogP contribution in [0.1, 0.15) is 39.3 Å². The van der Waals surface area contributed by atoms with Gasteiger partial charge in [0.15, 0.2) is 0 Å². The van der Waals surface area contributed by atoms with E-state index in [-0.39, 0.29) is 11.1 Å². The molecule has 1 spiro atoms. The minimum atomic E-state index is -2.17. The molecule has 1 aliphatic carbocycles. The number of carbonyl (C=O) groups excluding carboxylic acids is 4. The first-order valence-corrected chi connectivity index (χ1v) is 11.6. The van der Waals surface area contributed by atoms with Gasteiger partial charge in [-0.25, -0.2) is 9.29 Å². The SMILES string of the molecule is CCOc1ccc(N2C(=O)C3C(c4ccc(F)cc4)OC4(C(=O)c5ccccc5C4=O)C3C2=O)cc1. The number of imide groups is 1. The van der Waals surface area contributed by atoms with Gasteiger partial charge in [0.05, 0.1) is 30.2 Å². The first-order chi connectivity index (χ1) is 17.4. The number of benzene rings is 3. The summed E-state index contributed by atoms with van der Waals surface area (Å²) in [4.78, 5) is 56.1. The summed E-state index contributed by atoms with van der Waals surface area (Å²) in [5.41, 5.74) is -1.16. The molecule has 0 radical (unpaired) electrons. The van der Waals surface area contributed by atoms with Crippen molar-refractivity contribution in [1.82, 2.24) is 0 Å². The summed E-state index contributed by atoms with van der Waals surface area (Å²) in [6, 6.07) is 18.0. The maximum atomic E-state index is 13.9. The molecule has 3 aromatic carbocycles. The van der Waals surface area contributed by atoms with Crippen molar-refractivity contribution in [3.8, 4) is 5.75 Å². The summed E-state index contributed by atoms with van der Waals surface area (Å²) >= 11 is 0. The van der Waals surface area contributed by atoms with E-state index in [0.717, 1.165) is 4.90 Å². The van der Waals surface area contributed by atoms with Crippen LogP contribution in [0.15, 0.2) is 72.8 Å². The lowest BCUT2D eigenvalue weighted by molar-refractivity contribution is -0.127. The number of halogens is 1. The number of rotatable bonds is 4. The Morgan fingerprint density at radius 1 is 0.861 bits per heavy atom. The van der Waals surface area contributed by atoms with Crippen LogP contribution < -0.4 is 9.64 Å². The monoisotopic (exact) mass is 485 g/mol. The number of fused-ring (bicyclic) bond motifs is 3. The Morgan fingerprint density at radius 3 is 2.06 bits per heavy atom. The molecule has 0 saturated carbocycles. The smallest absolute Gasteiger partial charge is 0.241 e. The Hall–Kier alpha value is -4.17. The Labute approximate surface area is 205 Å². The van der Waals surface area contributed by atoms with Crippen LogP contribution in [0.4, 0.5) is 10.1 Å².